The molecule has 4 nitrogen and oxygen atoms in total. The Balaban J connectivity index is 2.22. The lowest BCUT2D eigenvalue weighted by Crippen LogP contribution is -2.35. The van der Waals surface area contributed by atoms with Gasteiger partial charge in [-0.15, -0.1) is 0 Å². The average Bonchev–Trinajstić information content (AvgIpc) is 2.61. The highest BCUT2D eigenvalue weighted by molar-refractivity contribution is 5.82. The standard InChI is InChI=1S/C22H39N3O/c1-6-7-8-9-10-11-12-13-14-19-26-21-17-15-20(16-18-21)23-22(24(2)3)25(4)5/h15-18H,6-14,19H2,1-5H3. The maximum absolute atomic E-state index is 5.85. The molecule has 1 rings (SSSR count). The van der Waals surface area contributed by atoms with E-state index in [0.717, 1.165) is 30.4 Å². The Hall–Kier alpha value is -1.71. The second-order valence-electron chi connectivity index (χ2n) is 7.37. The van der Waals surface area contributed by atoms with Crippen LogP contribution in [0, 0.1) is 0 Å². The summed E-state index contributed by atoms with van der Waals surface area (Å²) < 4.78 is 5.85. The lowest BCUT2D eigenvalue weighted by Gasteiger charge is -2.22. The molecule has 0 aliphatic heterocycles. The highest BCUT2D eigenvalue weighted by Crippen LogP contribution is 2.19. The molecule has 0 radical (unpaired) electrons. The van der Waals surface area contributed by atoms with Crippen LogP contribution in [0.25, 0.3) is 0 Å². The van der Waals surface area contributed by atoms with Crippen LogP contribution in [0.1, 0.15) is 64.7 Å². The first kappa shape index (κ1) is 22.3. The summed E-state index contributed by atoms with van der Waals surface area (Å²) in [5.74, 6) is 1.85. The molecule has 0 fully saturated rings. The van der Waals surface area contributed by atoms with Crippen molar-refractivity contribution in [2.24, 2.45) is 4.99 Å². The fraction of sp³-hybridized carbons (Fsp3) is 0.682. The van der Waals surface area contributed by atoms with E-state index in [2.05, 4.69) is 11.9 Å². The number of unbranched alkanes of at least 4 members (excludes halogenated alkanes) is 8. The molecule has 0 saturated carbocycles. The van der Waals surface area contributed by atoms with Gasteiger partial charge in [-0.25, -0.2) is 4.99 Å². The van der Waals surface area contributed by atoms with Crippen molar-refractivity contribution in [2.75, 3.05) is 34.8 Å². The fourth-order valence-corrected chi connectivity index (χ4v) is 2.94. The van der Waals surface area contributed by atoms with Gasteiger partial charge < -0.3 is 14.5 Å². The summed E-state index contributed by atoms with van der Waals surface area (Å²) in [5.41, 5.74) is 0.942. The Labute approximate surface area is 161 Å². The van der Waals surface area contributed by atoms with E-state index >= 15 is 0 Å². The van der Waals surface area contributed by atoms with Crippen LogP contribution in [0.15, 0.2) is 29.3 Å². The van der Waals surface area contributed by atoms with Gasteiger partial charge >= 0.3 is 0 Å². The van der Waals surface area contributed by atoms with Crippen molar-refractivity contribution in [2.45, 2.75) is 64.7 Å². The van der Waals surface area contributed by atoms with Gasteiger partial charge in [0.15, 0.2) is 0 Å². The minimum absolute atomic E-state index is 0.805. The number of hydrogen-bond acceptors (Lipinski definition) is 2. The van der Waals surface area contributed by atoms with Gasteiger partial charge in [0.2, 0.25) is 5.96 Å². The van der Waals surface area contributed by atoms with Gasteiger partial charge in [-0.1, -0.05) is 58.3 Å². The number of rotatable bonds is 12. The normalized spacial score (nSPS) is 10.5. The zero-order valence-electron chi connectivity index (χ0n) is 17.6. The van der Waals surface area contributed by atoms with Gasteiger partial charge in [-0.05, 0) is 30.7 Å². The molecule has 0 aromatic heterocycles. The van der Waals surface area contributed by atoms with E-state index in [1.54, 1.807) is 0 Å². The first-order valence-corrected chi connectivity index (χ1v) is 10.2. The summed E-state index contributed by atoms with van der Waals surface area (Å²) in [5, 5.41) is 0. The van der Waals surface area contributed by atoms with Crippen molar-refractivity contribution in [3.05, 3.63) is 24.3 Å². The summed E-state index contributed by atoms with van der Waals surface area (Å²) in [6.45, 7) is 3.07. The maximum atomic E-state index is 5.85. The Bertz CT molecular complexity index is 485. The van der Waals surface area contributed by atoms with Crippen molar-refractivity contribution in [3.63, 3.8) is 0 Å². The lowest BCUT2D eigenvalue weighted by atomic mass is 10.1. The van der Waals surface area contributed by atoms with Crippen LogP contribution in [0.4, 0.5) is 5.69 Å². The summed E-state index contributed by atoms with van der Waals surface area (Å²) in [4.78, 5) is 8.68. The Morgan fingerprint density at radius 1 is 0.769 bits per heavy atom. The van der Waals surface area contributed by atoms with Crippen LogP contribution in [0.2, 0.25) is 0 Å². The maximum Gasteiger partial charge on any atom is 0.200 e. The molecule has 26 heavy (non-hydrogen) atoms. The molecule has 0 amide bonds. The fourth-order valence-electron chi connectivity index (χ4n) is 2.94. The van der Waals surface area contributed by atoms with Gasteiger partial charge in [0, 0.05) is 28.2 Å². The molecular formula is C22H39N3O. The second kappa shape index (κ2) is 13.5. The lowest BCUT2D eigenvalue weighted by molar-refractivity contribution is 0.304. The minimum Gasteiger partial charge on any atom is -0.494 e. The largest absolute Gasteiger partial charge is 0.494 e. The molecular weight excluding hydrogens is 322 g/mol. The SMILES string of the molecule is CCCCCCCCCCCOc1ccc(N=C(N(C)C)N(C)C)cc1. The summed E-state index contributed by atoms with van der Waals surface area (Å²) in [7, 11) is 8.01. The summed E-state index contributed by atoms with van der Waals surface area (Å²) >= 11 is 0. The molecule has 0 N–H and O–H groups in total. The Morgan fingerprint density at radius 3 is 1.77 bits per heavy atom. The van der Waals surface area contributed by atoms with E-state index in [1.807, 2.05) is 62.3 Å². The first-order valence-electron chi connectivity index (χ1n) is 10.2. The third-order valence-electron chi connectivity index (χ3n) is 4.38. The van der Waals surface area contributed by atoms with E-state index in [0.29, 0.717) is 0 Å². The zero-order valence-corrected chi connectivity index (χ0v) is 17.6. The molecule has 0 aliphatic rings. The molecule has 1 aromatic rings. The van der Waals surface area contributed by atoms with Crippen LogP contribution in [0.3, 0.4) is 0 Å². The first-order chi connectivity index (χ1) is 12.5. The quantitative estimate of drug-likeness (QED) is 0.271. The number of aliphatic imine (C=N–C) groups is 1. The molecule has 1 aromatic carbocycles. The van der Waals surface area contributed by atoms with Crippen molar-refractivity contribution in [1.29, 1.82) is 0 Å². The van der Waals surface area contributed by atoms with E-state index in [4.69, 9.17) is 4.74 Å². The Kier molecular flexibility index (Phi) is 11.6. The highest BCUT2D eigenvalue weighted by Gasteiger charge is 2.04. The van der Waals surface area contributed by atoms with E-state index in [9.17, 15) is 0 Å². The van der Waals surface area contributed by atoms with Gasteiger partial charge in [0.1, 0.15) is 5.75 Å². The number of hydrogen-bond donors (Lipinski definition) is 0. The summed E-state index contributed by atoms with van der Waals surface area (Å²) in [6, 6.07) is 8.04. The van der Waals surface area contributed by atoms with E-state index in [-0.39, 0.29) is 0 Å². The Morgan fingerprint density at radius 2 is 1.27 bits per heavy atom. The second-order valence-corrected chi connectivity index (χ2v) is 7.37. The van der Waals surface area contributed by atoms with Gasteiger partial charge in [-0.3, -0.25) is 0 Å². The summed E-state index contributed by atoms with van der Waals surface area (Å²) in [6.07, 6.45) is 12.0. The predicted octanol–water partition coefficient (Wildman–Crippen LogP) is 5.71. The van der Waals surface area contributed by atoms with Crippen LogP contribution in [-0.4, -0.2) is 50.6 Å². The highest BCUT2D eigenvalue weighted by atomic mass is 16.5. The molecule has 0 bridgehead atoms. The molecule has 4 heteroatoms. The van der Waals surface area contributed by atoms with E-state index in [1.165, 1.54) is 51.4 Å². The topological polar surface area (TPSA) is 28.1 Å². The zero-order chi connectivity index (χ0) is 19.2. The number of benzene rings is 1. The molecule has 0 aliphatic carbocycles. The minimum atomic E-state index is 0.805. The van der Waals surface area contributed by atoms with Crippen LogP contribution < -0.4 is 4.74 Å². The van der Waals surface area contributed by atoms with Crippen molar-refractivity contribution < 1.29 is 4.74 Å². The van der Waals surface area contributed by atoms with E-state index < -0.39 is 0 Å². The van der Waals surface area contributed by atoms with Gasteiger partial charge in [-0.2, -0.15) is 0 Å². The number of guanidine groups is 1. The molecule has 0 heterocycles. The monoisotopic (exact) mass is 361 g/mol. The number of ether oxygens (including phenoxy) is 1. The average molecular weight is 362 g/mol. The van der Waals surface area contributed by atoms with Crippen molar-refractivity contribution in [3.8, 4) is 5.75 Å². The van der Waals surface area contributed by atoms with Crippen molar-refractivity contribution >= 4 is 11.6 Å². The molecule has 0 atom stereocenters. The molecule has 0 saturated heterocycles. The van der Waals surface area contributed by atoms with Gasteiger partial charge in [0.05, 0.1) is 12.3 Å². The molecule has 0 spiro atoms. The van der Waals surface area contributed by atoms with Crippen LogP contribution in [-0.2, 0) is 0 Å². The molecule has 0 unspecified atom stereocenters. The third-order valence-corrected chi connectivity index (χ3v) is 4.38. The molecule has 148 valence electrons. The smallest absolute Gasteiger partial charge is 0.200 e. The van der Waals surface area contributed by atoms with Crippen LogP contribution >= 0.6 is 0 Å². The predicted molar refractivity (Wildman–Crippen MR) is 114 cm³/mol. The third kappa shape index (κ3) is 9.69. The van der Waals surface area contributed by atoms with Crippen LogP contribution in [0.5, 0.6) is 5.75 Å². The number of nitrogens with zero attached hydrogens (tertiary/aromatic N) is 3. The van der Waals surface area contributed by atoms with Crippen molar-refractivity contribution in [1.82, 2.24) is 9.80 Å². The van der Waals surface area contributed by atoms with Gasteiger partial charge in [0.25, 0.3) is 0 Å².